The first-order valence-corrected chi connectivity index (χ1v) is 9.93. The number of aromatic nitrogens is 5. The van der Waals surface area contributed by atoms with E-state index in [2.05, 4.69) is 20.1 Å². The summed E-state index contributed by atoms with van der Waals surface area (Å²) >= 11 is 0. The van der Waals surface area contributed by atoms with Crippen LogP contribution in [-0.2, 0) is 17.8 Å². The first kappa shape index (κ1) is 18.7. The van der Waals surface area contributed by atoms with Crippen LogP contribution >= 0.6 is 0 Å². The standard InChI is InChI=1S/C21H22N6O3/c1-15-2-4-16(5-3-15)17-12-18-21(28)26(6-7-27(18)23-17)13-19-22-20(30-24-19)14-25-8-10-29-11-9-25/h2-7,12H,8-11,13-14H2,1H3. The molecule has 0 atom stereocenters. The van der Waals surface area contributed by atoms with Gasteiger partial charge in [-0.3, -0.25) is 9.69 Å². The van der Waals surface area contributed by atoms with Crippen LogP contribution in [0.5, 0.6) is 0 Å². The van der Waals surface area contributed by atoms with Crippen molar-refractivity contribution in [2.75, 3.05) is 26.3 Å². The Labute approximate surface area is 172 Å². The van der Waals surface area contributed by atoms with E-state index in [1.54, 1.807) is 21.5 Å². The van der Waals surface area contributed by atoms with E-state index in [-0.39, 0.29) is 12.1 Å². The molecule has 1 fully saturated rings. The molecule has 0 saturated carbocycles. The molecule has 1 aliphatic heterocycles. The van der Waals surface area contributed by atoms with Gasteiger partial charge in [-0.15, -0.1) is 0 Å². The molecule has 1 aromatic carbocycles. The molecule has 5 rings (SSSR count). The van der Waals surface area contributed by atoms with Crippen LogP contribution in [0, 0.1) is 6.92 Å². The molecule has 4 aromatic rings. The van der Waals surface area contributed by atoms with Gasteiger partial charge in [0.05, 0.1) is 32.0 Å². The van der Waals surface area contributed by atoms with Crippen LogP contribution in [0.3, 0.4) is 0 Å². The van der Waals surface area contributed by atoms with Gasteiger partial charge in [0.2, 0.25) is 5.89 Å². The maximum Gasteiger partial charge on any atom is 0.277 e. The van der Waals surface area contributed by atoms with E-state index < -0.39 is 0 Å². The predicted octanol–water partition coefficient (Wildman–Crippen LogP) is 1.73. The van der Waals surface area contributed by atoms with Gasteiger partial charge in [-0.2, -0.15) is 10.1 Å². The molecule has 30 heavy (non-hydrogen) atoms. The number of benzene rings is 1. The fraction of sp³-hybridized carbons (Fsp3) is 0.333. The second-order valence-electron chi connectivity index (χ2n) is 7.45. The monoisotopic (exact) mass is 406 g/mol. The van der Waals surface area contributed by atoms with Crippen LogP contribution in [0.1, 0.15) is 17.3 Å². The summed E-state index contributed by atoms with van der Waals surface area (Å²) in [4.78, 5) is 19.6. The Kier molecular flexibility index (Phi) is 4.89. The van der Waals surface area contributed by atoms with Crippen LogP contribution in [-0.4, -0.2) is 55.5 Å². The zero-order valence-corrected chi connectivity index (χ0v) is 16.7. The lowest BCUT2D eigenvalue weighted by atomic mass is 10.1. The molecule has 3 aromatic heterocycles. The van der Waals surface area contributed by atoms with Gasteiger partial charge in [0, 0.05) is 31.0 Å². The number of morpholine rings is 1. The van der Waals surface area contributed by atoms with Gasteiger partial charge in [-0.25, -0.2) is 4.52 Å². The minimum absolute atomic E-state index is 0.150. The second kappa shape index (κ2) is 7.85. The fourth-order valence-electron chi connectivity index (χ4n) is 3.54. The molecule has 0 bridgehead atoms. The quantitative estimate of drug-likeness (QED) is 0.499. The van der Waals surface area contributed by atoms with Crippen LogP contribution in [0.15, 0.2) is 52.0 Å². The first-order chi connectivity index (χ1) is 14.7. The van der Waals surface area contributed by atoms with E-state index in [4.69, 9.17) is 9.26 Å². The highest BCUT2D eigenvalue weighted by molar-refractivity contribution is 5.65. The highest BCUT2D eigenvalue weighted by Gasteiger charge is 2.16. The molecule has 4 heterocycles. The third kappa shape index (κ3) is 3.77. The maximum atomic E-state index is 12.9. The normalized spacial score (nSPS) is 15.1. The van der Waals surface area contributed by atoms with E-state index >= 15 is 0 Å². The minimum atomic E-state index is -0.150. The summed E-state index contributed by atoms with van der Waals surface area (Å²) in [6.45, 7) is 5.99. The fourth-order valence-corrected chi connectivity index (χ4v) is 3.54. The number of nitrogens with zero attached hydrogens (tertiary/aromatic N) is 6. The number of aryl methyl sites for hydroxylation is 1. The molecule has 1 aliphatic rings. The molecule has 154 valence electrons. The lowest BCUT2D eigenvalue weighted by Gasteiger charge is -2.24. The number of hydrogen-bond donors (Lipinski definition) is 0. The third-order valence-electron chi connectivity index (χ3n) is 5.24. The van der Waals surface area contributed by atoms with Crippen molar-refractivity contribution in [1.29, 1.82) is 0 Å². The molecule has 0 aliphatic carbocycles. The Morgan fingerprint density at radius 1 is 1.07 bits per heavy atom. The Bertz CT molecular complexity index is 1220. The summed E-state index contributed by atoms with van der Waals surface area (Å²) in [5, 5.41) is 8.56. The van der Waals surface area contributed by atoms with Gasteiger partial charge in [-0.05, 0) is 13.0 Å². The van der Waals surface area contributed by atoms with Crippen molar-refractivity contribution in [1.82, 2.24) is 29.2 Å². The first-order valence-electron chi connectivity index (χ1n) is 9.93. The summed E-state index contributed by atoms with van der Waals surface area (Å²) in [7, 11) is 0. The number of fused-ring (bicyclic) bond motifs is 1. The highest BCUT2D eigenvalue weighted by Crippen LogP contribution is 2.19. The molecule has 0 amide bonds. The van der Waals surface area contributed by atoms with Crippen molar-refractivity contribution in [3.8, 4) is 11.3 Å². The lowest BCUT2D eigenvalue weighted by molar-refractivity contribution is 0.0297. The SMILES string of the molecule is Cc1ccc(-c2cc3c(=O)n(Cc4noc(CN5CCOCC5)n4)ccn3n2)cc1. The molecule has 9 nitrogen and oxygen atoms in total. The van der Waals surface area contributed by atoms with E-state index in [1.165, 1.54) is 5.56 Å². The average Bonchev–Trinajstić information content (AvgIpc) is 3.39. The predicted molar refractivity (Wildman–Crippen MR) is 109 cm³/mol. The Hall–Kier alpha value is -3.30. The summed E-state index contributed by atoms with van der Waals surface area (Å²) in [6, 6.07) is 9.88. The lowest BCUT2D eigenvalue weighted by Crippen LogP contribution is -2.35. The molecule has 0 unspecified atom stereocenters. The van der Waals surface area contributed by atoms with Crippen molar-refractivity contribution >= 4 is 5.52 Å². The molecular weight excluding hydrogens is 384 g/mol. The van der Waals surface area contributed by atoms with Crippen molar-refractivity contribution in [2.24, 2.45) is 0 Å². The van der Waals surface area contributed by atoms with Crippen LogP contribution in [0.2, 0.25) is 0 Å². The van der Waals surface area contributed by atoms with E-state index in [1.807, 2.05) is 37.3 Å². The van der Waals surface area contributed by atoms with Gasteiger partial charge in [0.25, 0.3) is 5.56 Å². The molecule has 0 spiro atoms. The number of hydrogen-bond acceptors (Lipinski definition) is 7. The van der Waals surface area contributed by atoms with Gasteiger partial charge in [0.15, 0.2) is 5.82 Å². The van der Waals surface area contributed by atoms with Crippen molar-refractivity contribution in [3.63, 3.8) is 0 Å². The minimum Gasteiger partial charge on any atom is -0.379 e. The Morgan fingerprint density at radius 2 is 1.87 bits per heavy atom. The number of rotatable bonds is 5. The Balaban J connectivity index is 1.36. The third-order valence-corrected chi connectivity index (χ3v) is 5.24. The summed E-state index contributed by atoms with van der Waals surface area (Å²) in [5.74, 6) is 1.02. The summed E-state index contributed by atoms with van der Waals surface area (Å²) in [5.41, 5.74) is 3.27. The molecule has 1 saturated heterocycles. The van der Waals surface area contributed by atoms with Gasteiger partial charge in [0.1, 0.15) is 5.52 Å². The largest absolute Gasteiger partial charge is 0.379 e. The van der Waals surface area contributed by atoms with Crippen LogP contribution < -0.4 is 5.56 Å². The van der Waals surface area contributed by atoms with Crippen molar-refractivity contribution < 1.29 is 9.26 Å². The Morgan fingerprint density at radius 3 is 2.67 bits per heavy atom. The van der Waals surface area contributed by atoms with E-state index in [9.17, 15) is 4.79 Å². The summed E-state index contributed by atoms with van der Waals surface area (Å²) < 4.78 is 13.9. The molecular formula is C21H22N6O3. The molecule has 0 radical (unpaired) electrons. The topological polar surface area (TPSA) is 90.7 Å². The van der Waals surface area contributed by atoms with Gasteiger partial charge >= 0.3 is 0 Å². The van der Waals surface area contributed by atoms with E-state index in [0.29, 0.717) is 37.0 Å². The highest BCUT2D eigenvalue weighted by atomic mass is 16.5. The maximum absolute atomic E-state index is 12.9. The average molecular weight is 406 g/mol. The van der Waals surface area contributed by atoms with E-state index in [0.717, 1.165) is 24.3 Å². The zero-order valence-electron chi connectivity index (χ0n) is 16.7. The van der Waals surface area contributed by atoms with Crippen LogP contribution in [0.4, 0.5) is 0 Å². The smallest absolute Gasteiger partial charge is 0.277 e. The van der Waals surface area contributed by atoms with Crippen molar-refractivity contribution in [3.05, 3.63) is 70.4 Å². The second-order valence-corrected chi connectivity index (χ2v) is 7.45. The molecule has 9 heteroatoms. The van der Waals surface area contributed by atoms with Gasteiger partial charge in [-0.1, -0.05) is 35.0 Å². The summed E-state index contributed by atoms with van der Waals surface area (Å²) in [6.07, 6.45) is 3.46. The molecule has 0 N–H and O–H groups in total. The number of ether oxygens (including phenoxy) is 1. The zero-order chi connectivity index (χ0) is 20.5. The van der Waals surface area contributed by atoms with Crippen molar-refractivity contribution in [2.45, 2.75) is 20.0 Å². The van der Waals surface area contributed by atoms with Crippen LogP contribution in [0.25, 0.3) is 16.8 Å². The van der Waals surface area contributed by atoms with Gasteiger partial charge < -0.3 is 13.8 Å².